The molecule has 1 atom stereocenters. The van der Waals surface area contributed by atoms with E-state index in [1.807, 2.05) is 0 Å². The van der Waals surface area contributed by atoms with Crippen LogP contribution in [0.3, 0.4) is 0 Å². The zero-order valence-electron chi connectivity index (χ0n) is 9.77. The molecule has 0 fully saturated rings. The largest absolute Gasteiger partial charge is 0.505 e. The van der Waals surface area contributed by atoms with Crippen LogP contribution in [-0.4, -0.2) is 29.4 Å². The molecule has 0 spiro atoms. The Morgan fingerprint density at radius 2 is 2.17 bits per heavy atom. The molecule has 1 aromatic carbocycles. The minimum Gasteiger partial charge on any atom is -0.505 e. The van der Waals surface area contributed by atoms with E-state index in [1.165, 1.54) is 13.0 Å². The van der Waals surface area contributed by atoms with E-state index < -0.39 is 23.5 Å². The first-order valence-electron chi connectivity index (χ1n) is 5.53. The van der Waals surface area contributed by atoms with Gasteiger partial charge in [-0.3, -0.25) is 4.79 Å². The fourth-order valence-electron chi connectivity index (χ4n) is 1.76. The van der Waals surface area contributed by atoms with Crippen molar-refractivity contribution in [2.75, 3.05) is 13.2 Å². The van der Waals surface area contributed by atoms with Crippen LogP contribution in [0.15, 0.2) is 6.07 Å². The van der Waals surface area contributed by atoms with Gasteiger partial charge < -0.3 is 19.7 Å². The molecule has 0 saturated carbocycles. The van der Waals surface area contributed by atoms with Crippen LogP contribution in [0.1, 0.15) is 12.5 Å². The zero-order valence-corrected chi connectivity index (χ0v) is 9.77. The summed E-state index contributed by atoms with van der Waals surface area (Å²) in [6, 6.07) is 1.42. The van der Waals surface area contributed by atoms with Gasteiger partial charge in [0.1, 0.15) is 13.2 Å². The quantitative estimate of drug-likeness (QED) is 0.858. The second kappa shape index (κ2) is 4.72. The number of aliphatic carboxylic acids is 1. The zero-order chi connectivity index (χ0) is 13.3. The molecule has 1 aromatic rings. The minimum absolute atomic E-state index is 0.0225. The number of carboxylic acids is 1. The Morgan fingerprint density at radius 1 is 1.50 bits per heavy atom. The van der Waals surface area contributed by atoms with Crippen molar-refractivity contribution in [2.24, 2.45) is 5.92 Å². The molecule has 2 N–H and O–H groups in total. The summed E-state index contributed by atoms with van der Waals surface area (Å²) >= 11 is 0. The van der Waals surface area contributed by atoms with Crippen LogP contribution in [0.5, 0.6) is 17.2 Å². The highest BCUT2D eigenvalue weighted by Crippen LogP contribution is 2.40. The molecule has 0 radical (unpaired) electrons. The van der Waals surface area contributed by atoms with Crippen LogP contribution in [0.25, 0.3) is 0 Å². The molecule has 1 unspecified atom stereocenters. The maximum atomic E-state index is 13.8. The Labute approximate surface area is 103 Å². The van der Waals surface area contributed by atoms with Crippen molar-refractivity contribution in [2.45, 2.75) is 13.3 Å². The third kappa shape index (κ3) is 2.18. The van der Waals surface area contributed by atoms with Crippen LogP contribution in [0.4, 0.5) is 4.39 Å². The Morgan fingerprint density at radius 3 is 2.83 bits per heavy atom. The van der Waals surface area contributed by atoms with Crippen molar-refractivity contribution in [3.8, 4) is 17.2 Å². The second-order valence-corrected chi connectivity index (χ2v) is 4.17. The van der Waals surface area contributed by atoms with E-state index in [4.69, 9.17) is 14.6 Å². The lowest BCUT2D eigenvalue weighted by Gasteiger charge is -2.21. The van der Waals surface area contributed by atoms with Gasteiger partial charge in [0.15, 0.2) is 11.5 Å². The van der Waals surface area contributed by atoms with Crippen LogP contribution in [-0.2, 0) is 11.2 Å². The lowest BCUT2D eigenvalue weighted by Crippen LogP contribution is -2.18. The molecule has 98 valence electrons. The number of benzene rings is 1. The molecule has 1 aliphatic rings. The summed E-state index contributed by atoms with van der Waals surface area (Å²) < 4.78 is 24.1. The van der Waals surface area contributed by atoms with E-state index in [1.54, 1.807) is 0 Å². The molecule has 1 aliphatic heterocycles. The van der Waals surface area contributed by atoms with E-state index in [0.29, 0.717) is 6.61 Å². The minimum atomic E-state index is -1.01. The molecule has 0 aliphatic carbocycles. The monoisotopic (exact) mass is 256 g/mol. The SMILES string of the molecule is CC(Cc1cc2c(c(F)c1O)OCCO2)C(=O)O. The Kier molecular flexibility index (Phi) is 3.27. The number of carbonyl (C=O) groups is 1. The predicted molar refractivity (Wildman–Crippen MR) is 59.6 cm³/mol. The van der Waals surface area contributed by atoms with Gasteiger partial charge in [-0.15, -0.1) is 0 Å². The van der Waals surface area contributed by atoms with Gasteiger partial charge in [0, 0.05) is 5.56 Å². The number of fused-ring (bicyclic) bond motifs is 1. The lowest BCUT2D eigenvalue weighted by atomic mass is 9.99. The number of halogens is 1. The maximum Gasteiger partial charge on any atom is 0.306 e. The van der Waals surface area contributed by atoms with Gasteiger partial charge in [0.2, 0.25) is 11.6 Å². The smallest absolute Gasteiger partial charge is 0.306 e. The third-order valence-corrected chi connectivity index (χ3v) is 2.78. The van der Waals surface area contributed by atoms with Gasteiger partial charge >= 0.3 is 5.97 Å². The van der Waals surface area contributed by atoms with Gasteiger partial charge in [-0.1, -0.05) is 6.92 Å². The Bertz CT molecular complexity index is 486. The van der Waals surface area contributed by atoms with Crippen molar-refractivity contribution in [3.63, 3.8) is 0 Å². The average molecular weight is 256 g/mol. The van der Waals surface area contributed by atoms with Crippen molar-refractivity contribution in [1.82, 2.24) is 0 Å². The van der Waals surface area contributed by atoms with E-state index in [0.717, 1.165) is 0 Å². The topological polar surface area (TPSA) is 76.0 Å². The number of hydrogen-bond donors (Lipinski definition) is 2. The van der Waals surface area contributed by atoms with Crippen LogP contribution < -0.4 is 9.47 Å². The van der Waals surface area contributed by atoms with Crippen LogP contribution in [0.2, 0.25) is 0 Å². The first kappa shape index (κ1) is 12.5. The first-order chi connectivity index (χ1) is 8.50. The molecule has 0 amide bonds. The van der Waals surface area contributed by atoms with Crippen molar-refractivity contribution >= 4 is 5.97 Å². The van der Waals surface area contributed by atoms with Crippen LogP contribution in [0, 0.1) is 11.7 Å². The highest BCUT2D eigenvalue weighted by molar-refractivity contribution is 5.70. The Balaban J connectivity index is 2.37. The summed E-state index contributed by atoms with van der Waals surface area (Å²) in [6.45, 7) is 2.00. The number of rotatable bonds is 3. The third-order valence-electron chi connectivity index (χ3n) is 2.78. The molecule has 2 rings (SSSR count). The van der Waals surface area contributed by atoms with Gasteiger partial charge in [0.25, 0.3) is 0 Å². The van der Waals surface area contributed by atoms with Crippen molar-refractivity contribution in [3.05, 3.63) is 17.4 Å². The van der Waals surface area contributed by atoms with E-state index in [2.05, 4.69) is 0 Å². The summed E-state index contributed by atoms with van der Waals surface area (Å²) in [7, 11) is 0. The Hall–Kier alpha value is -1.98. The molecule has 0 aromatic heterocycles. The van der Waals surface area contributed by atoms with Gasteiger partial charge in [-0.25, -0.2) is 0 Å². The number of hydrogen-bond acceptors (Lipinski definition) is 4. The van der Waals surface area contributed by atoms with E-state index in [9.17, 15) is 14.3 Å². The lowest BCUT2D eigenvalue weighted by molar-refractivity contribution is -0.141. The summed E-state index contributed by atoms with van der Waals surface area (Å²) in [5.41, 5.74) is 0.201. The number of phenolic OH excluding ortho intramolecular Hbond substituents is 1. The number of ether oxygens (including phenoxy) is 2. The molecule has 5 nitrogen and oxygen atoms in total. The standard InChI is InChI=1S/C12H13FO5/c1-6(12(15)16)4-7-5-8-11(9(13)10(7)14)18-3-2-17-8/h5-6,14H,2-4H2,1H3,(H,15,16). The normalized spacial score (nSPS) is 15.2. The van der Waals surface area contributed by atoms with Crippen molar-refractivity contribution in [1.29, 1.82) is 0 Å². The van der Waals surface area contributed by atoms with E-state index >= 15 is 0 Å². The first-order valence-corrected chi connectivity index (χ1v) is 5.53. The fraction of sp³-hybridized carbons (Fsp3) is 0.417. The van der Waals surface area contributed by atoms with Crippen LogP contribution >= 0.6 is 0 Å². The maximum absolute atomic E-state index is 13.8. The number of carboxylic acid groups (broad SMARTS) is 1. The highest BCUT2D eigenvalue weighted by atomic mass is 19.1. The van der Waals surface area contributed by atoms with Crippen molar-refractivity contribution < 1.29 is 28.9 Å². The fourth-order valence-corrected chi connectivity index (χ4v) is 1.76. The summed E-state index contributed by atoms with van der Waals surface area (Å²) in [5.74, 6) is -3.13. The van der Waals surface area contributed by atoms with E-state index in [-0.39, 0.29) is 30.1 Å². The van der Waals surface area contributed by atoms with Gasteiger partial charge in [0.05, 0.1) is 5.92 Å². The molecular formula is C12H13FO5. The predicted octanol–water partition coefficient (Wildman–Crippen LogP) is 1.57. The number of aromatic hydroxyl groups is 1. The molecule has 0 bridgehead atoms. The average Bonchev–Trinajstić information content (AvgIpc) is 2.35. The molecule has 6 heteroatoms. The highest BCUT2D eigenvalue weighted by Gasteiger charge is 2.24. The number of phenols is 1. The molecule has 0 saturated heterocycles. The molecule has 18 heavy (non-hydrogen) atoms. The molecular weight excluding hydrogens is 243 g/mol. The van der Waals surface area contributed by atoms with Gasteiger partial charge in [-0.2, -0.15) is 4.39 Å². The summed E-state index contributed by atoms with van der Waals surface area (Å²) in [6.07, 6.45) is 0.0225. The molecule has 1 heterocycles. The summed E-state index contributed by atoms with van der Waals surface area (Å²) in [5, 5.41) is 18.5. The summed E-state index contributed by atoms with van der Waals surface area (Å²) in [4.78, 5) is 10.8. The second-order valence-electron chi connectivity index (χ2n) is 4.17. The van der Waals surface area contributed by atoms with Gasteiger partial charge in [-0.05, 0) is 12.5 Å².